The number of hydrogen-bond donors (Lipinski definition) is 0. The molecule has 0 heterocycles. The molecule has 0 spiro atoms. The maximum Gasteiger partial charge on any atom is 0.480 e. The normalized spacial score (nSPS) is 13.4. The predicted octanol–water partition coefficient (Wildman–Crippen LogP) is 4.46. The van der Waals surface area contributed by atoms with Crippen LogP contribution in [0.15, 0.2) is 0 Å². The smallest absolute Gasteiger partial charge is 0.428 e. The Bertz CT molecular complexity index is 516. The first-order chi connectivity index (χ1) is 10.5. The van der Waals surface area contributed by atoms with Crippen molar-refractivity contribution in [3.05, 3.63) is 4.13 Å². The first kappa shape index (κ1) is 22.6. The largest absolute Gasteiger partial charge is 0.480 e. The first-order valence-electron chi connectivity index (χ1n) is 7.80. The summed E-state index contributed by atoms with van der Waals surface area (Å²) in [5.74, 6) is -0.682. The van der Waals surface area contributed by atoms with Crippen molar-refractivity contribution >= 4 is 20.0 Å². The highest BCUT2D eigenvalue weighted by Gasteiger charge is 2.40. The lowest BCUT2D eigenvalue weighted by Gasteiger charge is -2.21. The molecule has 0 aromatic carbocycles. The summed E-state index contributed by atoms with van der Waals surface area (Å²) in [6.45, 7) is 2.14. The monoisotopic (exact) mass is 380 g/mol. The zero-order chi connectivity index (χ0) is 18.0. The van der Waals surface area contributed by atoms with Crippen molar-refractivity contribution in [2.75, 3.05) is 5.75 Å². The van der Waals surface area contributed by atoms with Crippen molar-refractivity contribution in [2.45, 2.75) is 76.6 Å². The molecule has 0 saturated carbocycles. The van der Waals surface area contributed by atoms with Crippen LogP contribution >= 0.6 is 0 Å². The number of rotatable bonds is 13. The minimum Gasteiger partial charge on any atom is -0.428 e. The molecular weight excluding hydrogens is 355 g/mol. The van der Waals surface area contributed by atoms with Crippen LogP contribution in [0.5, 0.6) is 0 Å². The molecule has 23 heavy (non-hydrogen) atoms. The molecule has 0 unspecified atom stereocenters. The minimum atomic E-state index is -5.98. The highest BCUT2D eigenvalue weighted by Crippen LogP contribution is 2.30. The molecule has 0 aliphatic rings. The maximum absolute atomic E-state index is 12.1. The van der Waals surface area contributed by atoms with Gasteiger partial charge < -0.3 is 4.13 Å². The van der Waals surface area contributed by atoms with E-state index in [1.807, 2.05) is 4.13 Å². The Kier molecular flexibility index (Phi) is 10.3. The molecule has 0 amide bonds. The topological polar surface area (TPSA) is 82.4 Å². The van der Waals surface area contributed by atoms with Crippen molar-refractivity contribution < 1.29 is 30.0 Å². The summed E-state index contributed by atoms with van der Waals surface area (Å²) in [4.78, 5) is 0. The molecule has 0 N–H and O–H groups in total. The van der Waals surface area contributed by atoms with Crippen LogP contribution in [0.3, 0.4) is 0 Å². The van der Waals surface area contributed by atoms with Gasteiger partial charge in [0, 0.05) is 5.75 Å². The van der Waals surface area contributed by atoms with Crippen LogP contribution in [-0.4, -0.2) is 28.1 Å². The van der Waals surface area contributed by atoms with Gasteiger partial charge in [0.15, 0.2) is 10.0 Å². The van der Waals surface area contributed by atoms with Gasteiger partial charge in [0.05, 0.1) is 10.0 Å². The lowest BCUT2D eigenvalue weighted by molar-refractivity contribution is -0.0425. The van der Waals surface area contributed by atoms with Gasteiger partial charge in [-0.1, -0.05) is 64.7 Å². The highest BCUT2D eigenvalue weighted by atomic mass is 32.3. The molecular formula is C13H25F3NO4S2-. The summed E-state index contributed by atoms with van der Waals surface area (Å²) < 4.78 is 82.1. The molecule has 0 aromatic rings. The third kappa shape index (κ3) is 10.9. The van der Waals surface area contributed by atoms with Crippen LogP contribution in [0.25, 0.3) is 4.13 Å². The fourth-order valence-corrected chi connectivity index (χ4v) is 4.40. The summed E-state index contributed by atoms with van der Waals surface area (Å²) >= 11 is 0. The van der Waals surface area contributed by atoms with Gasteiger partial charge in [0.1, 0.15) is 0 Å². The van der Waals surface area contributed by atoms with E-state index in [2.05, 4.69) is 6.92 Å². The van der Waals surface area contributed by atoms with Crippen molar-refractivity contribution in [2.24, 2.45) is 0 Å². The van der Waals surface area contributed by atoms with Crippen LogP contribution in [-0.2, 0) is 20.0 Å². The molecule has 140 valence electrons. The predicted molar refractivity (Wildman–Crippen MR) is 84.0 cm³/mol. The van der Waals surface area contributed by atoms with E-state index in [1.165, 1.54) is 25.7 Å². The van der Waals surface area contributed by atoms with Gasteiger partial charge in [-0.15, -0.1) is 0 Å². The van der Waals surface area contributed by atoms with Crippen LogP contribution in [0.4, 0.5) is 13.2 Å². The van der Waals surface area contributed by atoms with Gasteiger partial charge in [0.2, 0.25) is 0 Å². The van der Waals surface area contributed by atoms with Crippen LogP contribution in [0.1, 0.15) is 71.1 Å². The molecule has 0 radical (unpaired) electrons. The highest BCUT2D eigenvalue weighted by molar-refractivity contribution is 8.12. The Labute approximate surface area is 137 Å². The van der Waals surface area contributed by atoms with E-state index < -0.39 is 31.3 Å². The Morgan fingerprint density at radius 1 is 0.739 bits per heavy atom. The zero-order valence-electron chi connectivity index (χ0n) is 13.3. The van der Waals surface area contributed by atoms with Gasteiger partial charge in [-0.3, -0.25) is 0 Å². The van der Waals surface area contributed by atoms with Crippen molar-refractivity contribution in [1.29, 1.82) is 0 Å². The number of nitrogens with zero attached hydrogens (tertiary/aromatic N) is 1. The van der Waals surface area contributed by atoms with E-state index in [0.29, 0.717) is 6.42 Å². The lowest BCUT2D eigenvalue weighted by atomic mass is 10.1. The molecule has 0 fully saturated rings. The third-order valence-corrected chi connectivity index (χ3v) is 6.34. The second kappa shape index (κ2) is 10.5. The molecule has 0 aromatic heterocycles. The summed E-state index contributed by atoms with van der Waals surface area (Å²) in [5.41, 5.74) is -5.68. The number of sulfonamides is 2. The van der Waals surface area contributed by atoms with Crippen LogP contribution in [0.2, 0.25) is 0 Å². The lowest BCUT2D eigenvalue weighted by Crippen LogP contribution is -2.25. The summed E-state index contributed by atoms with van der Waals surface area (Å²) in [6.07, 6.45) is 9.30. The fourth-order valence-electron chi connectivity index (χ4n) is 2.00. The SMILES string of the molecule is CCCCCCCCCCCCS(=O)(=O)[N-]S(=O)(=O)C(F)(F)F. The molecule has 0 atom stereocenters. The van der Waals surface area contributed by atoms with E-state index >= 15 is 0 Å². The van der Waals surface area contributed by atoms with Gasteiger partial charge in [-0.2, -0.15) is 13.2 Å². The second-order valence-corrected chi connectivity index (χ2v) is 9.04. The summed E-state index contributed by atoms with van der Waals surface area (Å²) in [7, 11) is -10.6. The number of alkyl halides is 3. The van der Waals surface area contributed by atoms with E-state index in [-0.39, 0.29) is 6.42 Å². The van der Waals surface area contributed by atoms with E-state index in [0.717, 1.165) is 25.7 Å². The molecule has 0 aliphatic heterocycles. The number of unbranched alkanes of at least 4 members (excludes halogenated alkanes) is 9. The third-order valence-electron chi connectivity index (χ3n) is 3.26. The van der Waals surface area contributed by atoms with Gasteiger partial charge >= 0.3 is 5.51 Å². The van der Waals surface area contributed by atoms with E-state index in [1.54, 1.807) is 0 Å². The average molecular weight is 380 g/mol. The minimum absolute atomic E-state index is 0.106. The standard InChI is InChI=1S/C13H25F3NO4S2/c1-2-3-4-5-6-7-8-9-10-11-12-22(18,19)17-23(20,21)13(14,15)16/h2-12H2,1H3/q-1. The Morgan fingerprint density at radius 2 is 1.13 bits per heavy atom. The quantitative estimate of drug-likeness (QED) is 0.442. The number of hydrogen-bond acceptors (Lipinski definition) is 4. The molecule has 5 nitrogen and oxygen atoms in total. The Hall–Kier alpha value is -0.350. The van der Waals surface area contributed by atoms with Crippen LogP contribution < -0.4 is 0 Å². The number of halogens is 3. The fraction of sp³-hybridized carbons (Fsp3) is 1.00. The molecule has 0 saturated heterocycles. The summed E-state index contributed by atoms with van der Waals surface area (Å²) in [5, 5.41) is 0. The van der Waals surface area contributed by atoms with E-state index in [9.17, 15) is 30.0 Å². The van der Waals surface area contributed by atoms with Gasteiger partial charge in [-0.25, -0.2) is 16.8 Å². The second-order valence-electron chi connectivity index (χ2n) is 5.46. The Morgan fingerprint density at radius 3 is 1.52 bits per heavy atom. The first-order valence-corrected chi connectivity index (χ1v) is 10.8. The van der Waals surface area contributed by atoms with Crippen molar-refractivity contribution in [3.63, 3.8) is 0 Å². The van der Waals surface area contributed by atoms with Gasteiger partial charge in [0.25, 0.3) is 0 Å². The van der Waals surface area contributed by atoms with Crippen molar-refractivity contribution in [1.82, 2.24) is 0 Å². The van der Waals surface area contributed by atoms with E-state index in [4.69, 9.17) is 0 Å². The maximum atomic E-state index is 12.1. The molecule has 10 heteroatoms. The molecule has 0 aliphatic carbocycles. The van der Waals surface area contributed by atoms with Gasteiger partial charge in [-0.05, 0) is 6.42 Å². The molecule has 0 bridgehead atoms. The summed E-state index contributed by atoms with van der Waals surface area (Å²) in [6, 6.07) is 0. The van der Waals surface area contributed by atoms with Crippen molar-refractivity contribution in [3.8, 4) is 0 Å². The average Bonchev–Trinajstić information content (AvgIpc) is 2.38. The Balaban J connectivity index is 3.84. The molecule has 0 rings (SSSR count). The zero-order valence-corrected chi connectivity index (χ0v) is 14.9. The van der Waals surface area contributed by atoms with Crippen LogP contribution in [0, 0.1) is 0 Å².